The Morgan fingerprint density at radius 1 is 1.15 bits per heavy atom. The number of pyridine rings is 1. The van der Waals surface area contributed by atoms with E-state index in [0.29, 0.717) is 28.2 Å². The molecule has 7 heteroatoms. The number of imidazole rings is 1. The Morgan fingerprint density at radius 3 is 2.93 bits per heavy atom. The first-order chi connectivity index (χ1) is 13.1. The number of halogens is 3. The lowest BCUT2D eigenvalue weighted by atomic mass is 9.88. The van der Waals surface area contributed by atoms with Gasteiger partial charge in [-0.15, -0.1) is 0 Å². The predicted octanol–water partition coefficient (Wildman–Crippen LogP) is 6.07. The van der Waals surface area contributed by atoms with Gasteiger partial charge in [-0.3, -0.25) is 0 Å². The standard InChI is InChI=1S/C20H20Cl2FN3O/c21-13-10-14-12(8-9-27-19(14)15(22)11-13)4-2-1-3-5-18-24-16-6-7-17(23)25-20(16)26-18/h6-7,10-12H,1-5,8-9H2,(H,24,25,26)/t12-/m1/s1. The molecule has 0 saturated heterocycles. The highest BCUT2D eigenvalue weighted by molar-refractivity contribution is 6.35. The number of hydrogen-bond donors (Lipinski definition) is 1. The molecule has 4 rings (SSSR count). The van der Waals surface area contributed by atoms with E-state index in [1.807, 2.05) is 6.07 Å². The maximum Gasteiger partial charge on any atom is 0.215 e. The third-order valence-corrected chi connectivity index (χ3v) is 5.52. The third kappa shape index (κ3) is 4.19. The summed E-state index contributed by atoms with van der Waals surface area (Å²) in [7, 11) is 0. The van der Waals surface area contributed by atoms with Crippen LogP contribution < -0.4 is 4.74 Å². The third-order valence-electron chi connectivity index (χ3n) is 5.02. The van der Waals surface area contributed by atoms with Crippen LogP contribution in [0.15, 0.2) is 24.3 Å². The summed E-state index contributed by atoms with van der Waals surface area (Å²) in [5.41, 5.74) is 2.35. The number of nitrogens with one attached hydrogen (secondary N) is 1. The molecular weight excluding hydrogens is 388 g/mol. The van der Waals surface area contributed by atoms with E-state index in [0.717, 1.165) is 61.2 Å². The number of rotatable bonds is 6. The van der Waals surface area contributed by atoms with Gasteiger partial charge in [-0.25, -0.2) is 4.98 Å². The number of hydrogen-bond acceptors (Lipinski definition) is 3. The van der Waals surface area contributed by atoms with Crippen molar-refractivity contribution >= 4 is 34.4 Å². The first kappa shape index (κ1) is 18.5. The summed E-state index contributed by atoms with van der Waals surface area (Å²) in [6, 6.07) is 6.73. The molecular formula is C20H20Cl2FN3O. The molecule has 27 heavy (non-hydrogen) atoms. The lowest BCUT2D eigenvalue weighted by Crippen LogP contribution is -2.14. The highest BCUT2D eigenvalue weighted by Crippen LogP contribution is 2.42. The van der Waals surface area contributed by atoms with Gasteiger partial charge in [-0.1, -0.05) is 36.0 Å². The summed E-state index contributed by atoms with van der Waals surface area (Å²) in [6.45, 7) is 0.696. The fourth-order valence-electron chi connectivity index (χ4n) is 3.69. The highest BCUT2D eigenvalue weighted by atomic mass is 35.5. The van der Waals surface area contributed by atoms with Crippen LogP contribution >= 0.6 is 23.2 Å². The molecule has 1 aliphatic rings. The van der Waals surface area contributed by atoms with Crippen molar-refractivity contribution in [2.45, 2.75) is 44.4 Å². The predicted molar refractivity (Wildman–Crippen MR) is 105 cm³/mol. The quantitative estimate of drug-likeness (QED) is 0.398. The van der Waals surface area contributed by atoms with Gasteiger partial charge in [0.1, 0.15) is 11.6 Å². The van der Waals surface area contributed by atoms with Crippen molar-refractivity contribution in [1.29, 1.82) is 0 Å². The second kappa shape index (κ2) is 8.03. The van der Waals surface area contributed by atoms with Gasteiger partial charge in [0.2, 0.25) is 5.95 Å². The minimum atomic E-state index is -0.502. The molecule has 2 aromatic heterocycles. The van der Waals surface area contributed by atoms with Crippen LogP contribution in [-0.2, 0) is 6.42 Å². The summed E-state index contributed by atoms with van der Waals surface area (Å²) >= 11 is 12.4. The number of aryl methyl sites for hydroxylation is 1. The molecule has 0 fully saturated rings. The topological polar surface area (TPSA) is 50.8 Å². The van der Waals surface area contributed by atoms with E-state index in [1.165, 1.54) is 6.07 Å². The fourth-order valence-corrected chi connectivity index (χ4v) is 4.26. The maximum atomic E-state index is 13.1. The number of aromatic amines is 1. The molecule has 0 unspecified atom stereocenters. The number of aromatic nitrogens is 3. The Labute approximate surface area is 167 Å². The second-order valence-corrected chi connectivity index (χ2v) is 7.77. The number of unbranched alkanes of at least 4 members (excludes halogenated alkanes) is 2. The molecule has 3 aromatic rings. The second-order valence-electron chi connectivity index (χ2n) is 6.93. The van der Waals surface area contributed by atoms with E-state index >= 15 is 0 Å². The lowest BCUT2D eigenvalue weighted by molar-refractivity contribution is 0.261. The fraction of sp³-hybridized carbons (Fsp3) is 0.400. The van der Waals surface area contributed by atoms with E-state index in [9.17, 15) is 4.39 Å². The van der Waals surface area contributed by atoms with Crippen molar-refractivity contribution in [3.05, 3.63) is 51.6 Å². The van der Waals surface area contributed by atoms with Crippen molar-refractivity contribution in [2.24, 2.45) is 0 Å². The molecule has 3 heterocycles. The van der Waals surface area contributed by atoms with Crippen LogP contribution in [-0.4, -0.2) is 21.6 Å². The first-order valence-electron chi connectivity index (χ1n) is 9.23. The maximum absolute atomic E-state index is 13.1. The van der Waals surface area contributed by atoms with E-state index in [1.54, 1.807) is 12.1 Å². The number of fused-ring (bicyclic) bond motifs is 2. The normalized spacial score (nSPS) is 16.3. The van der Waals surface area contributed by atoms with E-state index < -0.39 is 5.95 Å². The van der Waals surface area contributed by atoms with Crippen molar-refractivity contribution in [1.82, 2.24) is 15.0 Å². The Morgan fingerprint density at radius 2 is 2.04 bits per heavy atom. The smallest absolute Gasteiger partial charge is 0.215 e. The zero-order chi connectivity index (χ0) is 18.8. The molecule has 1 N–H and O–H groups in total. The summed E-state index contributed by atoms with van der Waals surface area (Å²) in [4.78, 5) is 11.4. The Hall–Kier alpha value is -1.85. The Kier molecular flexibility index (Phi) is 5.50. The molecule has 4 nitrogen and oxygen atoms in total. The van der Waals surface area contributed by atoms with Gasteiger partial charge in [0.15, 0.2) is 5.65 Å². The number of benzene rings is 1. The van der Waals surface area contributed by atoms with Crippen molar-refractivity contribution in [2.75, 3.05) is 6.61 Å². The van der Waals surface area contributed by atoms with Crippen molar-refractivity contribution < 1.29 is 9.13 Å². The summed E-state index contributed by atoms with van der Waals surface area (Å²) < 4.78 is 18.9. The van der Waals surface area contributed by atoms with Crippen LogP contribution in [0.4, 0.5) is 4.39 Å². The molecule has 0 aliphatic carbocycles. The summed E-state index contributed by atoms with van der Waals surface area (Å²) in [5.74, 6) is 1.58. The van der Waals surface area contributed by atoms with E-state index in [-0.39, 0.29) is 0 Å². The monoisotopic (exact) mass is 407 g/mol. The summed E-state index contributed by atoms with van der Waals surface area (Å²) in [5, 5.41) is 1.25. The van der Waals surface area contributed by atoms with Crippen molar-refractivity contribution in [3.8, 4) is 5.75 Å². The lowest BCUT2D eigenvalue weighted by Gasteiger charge is -2.27. The van der Waals surface area contributed by atoms with Gasteiger partial charge >= 0.3 is 0 Å². The molecule has 1 aromatic carbocycles. The average molecular weight is 408 g/mol. The molecule has 0 spiro atoms. The van der Waals surface area contributed by atoms with Gasteiger partial charge in [0.25, 0.3) is 0 Å². The minimum Gasteiger partial charge on any atom is -0.492 e. The zero-order valence-corrected chi connectivity index (χ0v) is 16.3. The number of H-pyrrole nitrogens is 1. The Balaban J connectivity index is 1.29. The highest BCUT2D eigenvalue weighted by Gasteiger charge is 2.23. The molecule has 0 bridgehead atoms. The molecule has 1 aliphatic heterocycles. The Bertz CT molecular complexity index is 960. The van der Waals surface area contributed by atoms with Gasteiger partial charge in [0, 0.05) is 17.0 Å². The van der Waals surface area contributed by atoms with Gasteiger partial charge in [0.05, 0.1) is 17.1 Å². The number of ether oxygens (including phenoxy) is 1. The van der Waals surface area contributed by atoms with Crippen LogP contribution in [0.2, 0.25) is 10.0 Å². The van der Waals surface area contributed by atoms with Crippen molar-refractivity contribution in [3.63, 3.8) is 0 Å². The van der Waals surface area contributed by atoms with Crippen LogP contribution in [0, 0.1) is 5.95 Å². The summed E-state index contributed by atoms with van der Waals surface area (Å²) in [6.07, 6.45) is 6.14. The van der Waals surface area contributed by atoms with Crippen LogP contribution in [0.5, 0.6) is 5.75 Å². The average Bonchev–Trinajstić information content (AvgIpc) is 3.03. The van der Waals surface area contributed by atoms with E-state index in [2.05, 4.69) is 15.0 Å². The van der Waals surface area contributed by atoms with E-state index in [4.69, 9.17) is 27.9 Å². The van der Waals surface area contributed by atoms with Gasteiger partial charge < -0.3 is 9.72 Å². The van der Waals surface area contributed by atoms with Crippen LogP contribution in [0.25, 0.3) is 11.2 Å². The van der Waals surface area contributed by atoms with Gasteiger partial charge in [-0.2, -0.15) is 9.37 Å². The molecule has 0 saturated carbocycles. The largest absolute Gasteiger partial charge is 0.492 e. The number of nitrogens with zero attached hydrogens (tertiary/aromatic N) is 2. The molecule has 142 valence electrons. The minimum absolute atomic E-state index is 0.434. The SMILES string of the molecule is Fc1ccc2[nH]c(CCCCC[C@@H]3CCOc4c(Cl)cc(Cl)cc43)nc2n1. The molecule has 0 radical (unpaired) electrons. The van der Waals surface area contributed by atoms with Gasteiger partial charge in [-0.05, 0) is 49.4 Å². The zero-order valence-electron chi connectivity index (χ0n) is 14.8. The first-order valence-corrected chi connectivity index (χ1v) is 9.98. The molecule has 0 amide bonds. The van der Waals surface area contributed by atoms with Crippen LogP contribution in [0.3, 0.4) is 0 Å². The molecule has 1 atom stereocenters. The van der Waals surface area contributed by atoms with Crippen LogP contribution in [0.1, 0.15) is 49.4 Å².